The number of aliphatic hydroxyl groups is 1. The third kappa shape index (κ3) is 2.80. The fraction of sp³-hybridized carbons (Fsp3) is 0.818. The number of aryl methyl sites for hydroxylation is 1. The molecule has 1 fully saturated rings. The second-order valence-corrected chi connectivity index (χ2v) is 4.43. The van der Waals surface area contributed by atoms with Gasteiger partial charge in [0.1, 0.15) is 12.2 Å². The van der Waals surface area contributed by atoms with Gasteiger partial charge in [0.2, 0.25) is 0 Å². The molecule has 0 bridgehead atoms. The van der Waals surface area contributed by atoms with E-state index in [0.29, 0.717) is 0 Å². The summed E-state index contributed by atoms with van der Waals surface area (Å²) in [5.41, 5.74) is 0. The normalized spacial score (nSPS) is 22.5. The molecule has 0 saturated carbocycles. The first-order valence-electron chi connectivity index (χ1n) is 6.06. The van der Waals surface area contributed by atoms with Gasteiger partial charge in [0.05, 0.1) is 12.6 Å². The van der Waals surface area contributed by atoms with Crippen molar-refractivity contribution < 1.29 is 5.11 Å². The van der Waals surface area contributed by atoms with E-state index in [0.717, 1.165) is 51.3 Å². The van der Waals surface area contributed by atoms with Crippen LogP contribution in [0.1, 0.15) is 32.0 Å². The van der Waals surface area contributed by atoms with Crippen molar-refractivity contribution >= 4 is 0 Å². The molecule has 1 aliphatic rings. The minimum Gasteiger partial charge on any atom is -0.392 e. The van der Waals surface area contributed by atoms with E-state index >= 15 is 0 Å². The van der Waals surface area contributed by atoms with Gasteiger partial charge in [-0.05, 0) is 25.8 Å². The van der Waals surface area contributed by atoms with E-state index in [1.807, 2.05) is 4.68 Å². The number of piperidine rings is 1. The fourth-order valence-corrected chi connectivity index (χ4v) is 2.18. The molecule has 16 heavy (non-hydrogen) atoms. The van der Waals surface area contributed by atoms with Gasteiger partial charge >= 0.3 is 0 Å². The van der Waals surface area contributed by atoms with E-state index in [1.54, 1.807) is 6.33 Å². The van der Waals surface area contributed by atoms with Crippen molar-refractivity contribution in [1.82, 2.24) is 19.7 Å². The molecule has 1 aromatic heterocycles. The number of aliphatic hydroxyl groups excluding tert-OH is 1. The Labute approximate surface area is 96.1 Å². The number of hydrogen-bond acceptors (Lipinski definition) is 4. The Morgan fingerprint density at radius 2 is 2.44 bits per heavy atom. The van der Waals surface area contributed by atoms with Crippen molar-refractivity contribution in [2.75, 3.05) is 13.1 Å². The molecular weight excluding hydrogens is 204 g/mol. The van der Waals surface area contributed by atoms with E-state index in [2.05, 4.69) is 21.9 Å². The summed E-state index contributed by atoms with van der Waals surface area (Å²) < 4.78 is 1.96. The zero-order valence-corrected chi connectivity index (χ0v) is 9.84. The Morgan fingerprint density at radius 3 is 3.19 bits per heavy atom. The van der Waals surface area contributed by atoms with Gasteiger partial charge in [0.25, 0.3) is 0 Å². The molecule has 0 radical (unpaired) electrons. The maximum absolute atomic E-state index is 9.60. The third-order valence-electron chi connectivity index (χ3n) is 2.98. The quantitative estimate of drug-likeness (QED) is 0.815. The summed E-state index contributed by atoms with van der Waals surface area (Å²) in [5, 5.41) is 13.8. The van der Waals surface area contributed by atoms with E-state index < -0.39 is 0 Å². The summed E-state index contributed by atoms with van der Waals surface area (Å²) in [6.07, 6.45) is 4.52. The van der Waals surface area contributed by atoms with Gasteiger partial charge in [-0.1, -0.05) is 6.92 Å². The zero-order valence-electron chi connectivity index (χ0n) is 9.84. The molecule has 5 heteroatoms. The first-order chi connectivity index (χ1) is 7.79. The molecule has 1 aliphatic heterocycles. The van der Waals surface area contributed by atoms with Crippen molar-refractivity contribution in [2.45, 2.75) is 45.4 Å². The van der Waals surface area contributed by atoms with Gasteiger partial charge in [-0.3, -0.25) is 4.90 Å². The summed E-state index contributed by atoms with van der Waals surface area (Å²) in [4.78, 5) is 6.54. The predicted molar refractivity (Wildman–Crippen MR) is 60.8 cm³/mol. The predicted octanol–water partition coefficient (Wildman–Crippen LogP) is 0.645. The Kier molecular flexibility index (Phi) is 3.90. The lowest BCUT2D eigenvalue weighted by molar-refractivity contribution is 0.0647. The highest BCUT2D eigenvalue weighted by molar-refractivity contribution is 4.86. The zero-order chi connectivity index (χ0) is 11.4. The average Bonchev–Trinajstić information content (AvgIpc) is 2.66. The molecule has 1 saturated heterocycles. The van der Waals surface area contributed by atoms with Crippen molar-refractivity contribution in [3.05, 3.63) is 12.2 Å². The van der Waals surface area contributed by atoms with E-state index in [4.69, 9.17) is 0 Å². The van der Waals surface area contributed by atoms with Gasteiger partial charge in [0, 0.05) is 13.1 Å². The summed E-state index contributed by atoms with van der Waals surface area (Å²) in [5.74, 6) is 1.01. The highest BCUT2D eigenvalue weighted by atomic mass is 16.3. The largest absolute Gasteiger partial charge is 0.392 e. The van der Waals surface area contributed by atoms with Gasteiger partial charge in [-0.2, -0.15) is 5.10 Å². The second-order valence-electron chi connectivity index (χ2n) is 4.43. The third-order valence-corrected chi connectivity index (χ3v) is 2.98. The lowest BCUT2D eigenvalue weighted by Crippen LogP contribution is -2.38. The number of aromatic nitrogens is 3. The maximum Gasteiger partial charge on any atom is 0.141 e. The topological polar surface area (TPSA) is 54.2 Å². The molecule has 0 aromatic carbocycles. The summed E-state index contributed by atoms with van der Waals surface area (Å²) in [6, 6.07) is 0. The number of likely N-dealkylation sites (tertiary alicyclic amines) is 1. The van der Waals surface area contributed by atoms with Crippen LogP contribution in [0.3, 0.4) is 0 Å². The molecule has 1 N–H and O–H groups in total. The molecule has 1 atom stereocenters. The average molecular weight is 224 g/mol. The molecule has 0 spiro atoms. The minimum absolute atomic E-state index is 0.170. The Morgan fingerprint density at radius 1 is 1.56 bits per heavy atom. The smallest absolute Gasteiger partial charge is 0.141 e. The molecule has 1 aromatic rings. The lowest BCUT2D eigenvalue weighted by Gasteiger charge is -2.29. The van der Waals surface area contributed by atoms with E-state index in [1.165, 1.54) is 0 Å². The van der Waals surface area contributed by atoms with Gasteiger partial charge < -0.3 is 5.11 Å². The van der Waals surface area contributed by atoms with Crippen LogP contribution in [0.5, 0.6) is 0 Å². The molecule has 0 amide bonds. The highest BCUT2D eigenvalue weighted by Gasteiger charge is 2.19. The number of rotatable bonds is 4. The first kappa shape index (κ1) is 11.5. The first-order valence-corrected chi connectivity index (χ1v) is 6.06. The maximum atomic E-state index is 9.60. The van der Waals surface area contributed by atoms with E-state index in [-0.39, 0.29) is 6.10 Å². The van der Waals surface area contributed by atoms with Gasteiger partial charge in [0.15, 0.2) is 0 Å². The molecular formula is C11H20N4O. The molecule has 1 unspecified atom stereocenters. The van der Waals surface area contributed by atoms with Crippen molar-refractivity contribution in [1.29, 1.82) is 0 Å². The van der Waals surface area contributed by atoms with Crippen LogP contribution in [0.15, 0.2) is 6.33 Å². The lowest BCUT2D eigenvalue weighted by atomic mass is 10.1. The SMILES string of the molecule is CCCn1ncnc1CN1CCCC(O)C1. The minimum atomic E-state index is -0.170. The summed E-state index contributed by atoms with van der Waals surface area (Å²) in [6.45, 7) is 5.67. The summed E-state index contributed by atoms with van der Waals surface area (Å²) >= 11 is 0. The van der Waals surface area contributed by atoms with Crippen LogP contribution in [0.25, 0.3) is 0 Å². The number of β-amino-alcohol motifs (C(OH)–C–C–N with tert-alkyl or cyclic N) is 1. The van der Waals surface area contributed by atoms with Crippen molar-refractivity contribution in [2.24, 2.45) is 0 Å². The van der Waals surface area contributed by atoms with Crippen molar-refractivity contribution in [3.63, 3.8) is 0 Å². The number of nitrogens with zero attached hydrogens (tertiary/aromatic N) is 4. The molecule has 90 valence electrons. The van der Waals surface area contributed by atoms with E-state index in [9.17, 15) is 5.11 Å². The van der Waals surface area contributed by atoms with Crippen LogP contribution in [0.2, 0.25) is 0 Å². The van der Waals surface area contributed by atoms with Gasteiger partial charge in [-0.15, -0.1) is 0 Å². The van der Waals surface area contributed by atoms with Crippen molar-refractivity contribution in [3.8, 4) is 0 Å². The standard InChI is InChI=1S/C11H20N4O/c1-2-5-15-11(12-9-13-15)8-14-6-3-4-10(16)7-14/h9-10,16H,2-8H2,1H3. The van der Waals surface area contributed by atoms with Crippen LogP contribution in [0.4, 0.5) is 0 Å². The Hall–Kier alpha value is -0.940. The molecule has 0 aliphatic carbocycles. The molecule has 2 rings (SSSR count). The van der Waals surface area contributed by atoms with Crippen LogP contribution in [0, 0.1) is 0 Å². The Bertz CT molecular complexity index is 326. The Balaban J connectivity index is 1.94. The fourth-order valence-electron chi connectivity index (χ4n) is 2.18. The molecule has 5 nitrogen and oxygen atoms in total. The van der Waals surface area contributed by atoms with Crippen LogP contribution in [-0.2, 0) is 13.1 Å². The highest BCUT2D eigenvalue weighted by Crippen LogP contribution is 2.12. The van der Waals surface area contributed by atoms with Gasteiger partial charge in [-0.25, -0.2) is 9.67 Å². The number of hydrogen-bond donors (Lipinski definition) is 1. The van der Waals surface area contributed by atoms with Crippen LogP contribution < -0.4 is 0 Å². The monoisotopic (exact) mass is 224 g/mol. The van der Waals surface area contributed by atoms with Crippen LogP contribution >= 0.6 is 0 Å². The molecule has 2 heterocycles. The van der Waals surface area contributed by atoms with Crippen LogP contribution in [-0.4, -0.2) is 44.0 Å². The second kappa shape index (κ2) is 5.41. The summed E-state index contributed by atoms with van der Waals surface area (Å²) in [7, 11) is 0.